The van der Waals surface area contributed by atoms with Gasteiger partial charge in [0.2, 0.25) is 0 Å². The summed E-state index contributed by atoms with van der Waals surface area (Å²) in [5.41, 5.74) is 2.36. The molecule has 2 aliphatic heterocycles. The molecular weight excluding hydrogens is 400 g/mol. The number of nitrogens with one attached hydrogen (secondary N) is 1. The van der Waals surface area contributed by atoms with Gasteiger partial charge < -0.3 is 24.1 Å². The highest BCUT2D eigenvalue weighted by molar-refractivity contribution is 6.62. The van der Waals surface area contributed by atoms with E-state index in [9.17, 15) is 5.02 Å². The minimum atomic E-state index is -0.456. The standard InChI is InChI=1S/C24H31B2N3O3/c1-23(2)24(3,4)32-26(31-23)16-8-10-18-14(12-16)7-11-19-20(18)28-22(27-19)21-15-6-9-17(13-15)29(21)25(5)30/h7-8,10-12,15,17,21,30H,6,9,13H2,1-5H3,(H,27,28)/t15-,17+,21-/m0/s1. The first kappa shape index (κ1) is 20.7. The fourth-order valence-corrected chi connectivity index (χ4v) is 6.03. The molecule has 32 heavy (non-hydrogen) atoms. The number of rotatable bonds is 3. The van der Waals surface area contributed by atoms with E-state index in [1.807, 2.05) is 6.82 Å². The van der Waals surface area contributed by atoms with Gasteiger partial charge in [-0.15, -0.1) is 0 Å². The molecule has 3 fully saturated rings. The summed E-state index contributed by atoms with van der Waals surface area (Å²) >= 11 is 0. The van der Waals surface area contributed by atoms with Crippen LogP contribution in [0.15, 0.2) is 30.3 Å². The molecule has 1 saturated carbocycles. The molecule has 2 N–H and O–H groups in total. The normalized spacial score (nSPS) is 28.9. The smallest absolute Gasteiger partial charge is 0.437 e. The van der Waals surface area contributed by atoms with E-state index in [-0.39, 0.29) is 24.4 Å². The number of aromatic nitrogens is 2. The molecule has 6 rings (SSSR count). The van der Waals surface area contributed by atoms with Crippen LogP contribution in [0.5, 0.6) is 0 Å². The van der Waals surface area contributed by atoms with Gasteiger partial charge in [-0.25, -0.2) is 4.98 Å². The number of aromatic amines is 1. The van der Waals surface area contributed by atoms with E-state index >= 15 is 0 Å². The van der Waals surface area contributed by atoms with Crippen molar-refractivity contribution in [2.45, 2.75) is 77.1 Å². The topological polar surface area (TPSA) is 70.6 Å². The highest BCUT2D eigenvalue weighted by Gasteiger charge is 2.52. The molecule has 2 bridgehead atoms. The van der Waals surface area contributed by atoms with E-state index in [4.69, 9.17) is 14.3 Å². The average molecular weight is 431 g/mol. The molecule has 0 spiro atoms. The van der Waals surface area contributed by atoms with Gasteiger partial charge in [-0.2, -0.15) is 0 Å². The fourth-order valence-electron chi connectivity index (χ4n) is 6.03. The number of hydrogen-bond acceptors (Lipinski definition) is 5. The van der Waals surface area contributed by atoms with Crippen LogP contribution in [0.3, 0.4) is 0 Å². The second-order valence-electron chi connectivity index (χ2n) is 10.9. The van der Waals surface area contributed by atoms with Gasteiger partial charge in [0.15, 0.2) is 0 Å². The Morgan fingerprint density at radius 1 is 1.12 bits per heavy atom. The first-order chi connectivity index (χ1) is 15.1. The molecule has 6 nitrogen and oxygen atoms in total. The Labute approximate surface area is 190 Å². The van der Waals surface area contributed by atoms with Crippen LogP contribution in [0.25, 0.3) is 21.8 Å². The van der Waals surface area contributed by atoms with Gasteiger partial charge >= 0.3 is 14.2 Å². The second kappa shape index (κ2) is 6.83. The van der Waals surface area contributed by atoms with Crippen LogP contribution in [0.2, 0.25) is 6.82 Å². The van der Waals surface area contributed by atoms with Crippen molar-refractivity contribution in [3.63, 3.8) is 0 Å². The molecule has 0 amide bonds. The molecule has 0 radical (unpaired) electrons. The van der Waals surface area contributed by atoms with E-state index < -0.39 is 7.05 Å². The van der Waals surface area contributed by atoms with Gasteiger partial charge in [-0.3, -0.25) is 0 Å². The lowest BCUT2D eigenvalue weighted by atomic mass is 9.78. The Morgan fingerprint density at radius 2 is 1.88 bits per heavy atom. The molecule has 3 aliphatic rings. The minimum absolute atomic E-state index is 0.167. The zero-order chi connectivity index (χ0) is 22.4. The van der Waals surface area contributed by atoms with Crippen molar-refractivity contribution in [3.8, 4) is 0 Å². The van der Waals surface area contributed by atoms with E-state index in [0.29, 0.717) is 12.0 Å². The monoisotopic (exact) mass is 431 g/mol. The van der Waals surface area contributed by atoms with Gasteiger partial charge in [0, 0.05) is 11.4 Å². The Kier molecular flexibility index (Phi) is 4.42. The van der Waals surface area contributed by atoms with Crippen LogP contribution >= 0.6 is 0 Å². The lowest BCUT2D eigenvalue weighted by molar-refractivity contribution is 0.00578. The summed E-state index contributed by atoms with van der Waals surface area (Å²) in [5, 5.41) is 12.7. The van der Waals surface area contributed by atoms with Crippen molar-refractivity contribution in [1.29, 1.82) is 0 Å². The van der Waals surface area contributed by atoms with Gasteiger partial charge in [0.1, 0.15) is 5.82 Å². The quantitative estimate of drug-likeness (QED) is 0.620. The summed E-state index contributed by atoms with van der Waals surface area (Å²) in [4.78, 5) is 10.9. The zero-order valence-corrected chi connectivity index (χ0v) is 19.6. The first-order valence-corrected chi connectivity index (χ1v) is 11.9. The highest BCUT2D eigenvalue weighted by Crippen LogP contribution is 2.50. The van der Waals surface area contributed by atoms with Crippen molar-refractivity contribution in [3.05, 3.63) is 36.2 Å². The third-order valence-electron chi connectivity index (χ3n) is 8.39. The molecule has 2 aromatic carbocycles. The van der Waals surface area contributed by atoms with E-state index in [2.05, 4.69) is 67.8 Å². The van der Waals surface area contributed by atoms with E-state index in [0.717, 1.165) is 39.5 Å². The second-order valence-corrected chi connectivity index (χ2v) is 10.9. The van der Waals surface area contributed by atoms with E-state index in [1.54, 1.807) is 0 Å². The number of benzene rings is 2. The summed E-state index contributed by atoms with van der Waals surface area (Å²) in [5.74, 6) is 1.55. The number of nitrogens with zero attached hydrogens (tertiary/aromatic N) is 2. The van der Waals surface area contributed by atoms with Gasteiger partial charge in [0.25, 0.3) is 0 Å². The molecule has 3 atom stereocenters. The maximum atomic E-state index is 10.4. The number of hydrogen-bond donors (Lipinski definition) is 2. The summed E-state index contributed by atoms with van der Waals surface area (Å²) in [6.45, 7) is 10.2. The molecular formula is C24H31B2N3O3. The molecule has 2 saturated heterocycles. The number of H-pyrrole nitrogens is 1. The summed E-state index contributed by atoms with van der Waals surface area (Å²) < 4.78 is 12.5. The molecule has 8 heteroatoms. The zero-order valence-electron chi connectivity index (χ0n) is 19.6. The third-order valence-corrected chi connectivity index (χ3v) is 8.39. The summed E-state index contributed by atoms with van der Waals surface area (Å²) in [7, 11) is -0.825. The van der Waals surface area contributed by atoms with Crippen molar-refractivity contribution < 1.29 is 14.3 Å². The third kappa shape index (κ3) is 2.93. The fraction of sp³-hybridized carbons (Fsp3) is 0.542. The maximum Gasteiger partial charge on any atom is 0.494 e. The lowest BCUT2D eigenvalue weighted by Crippen LogP contribution is -2.44. The van der Waals surface area contributed by atoms with Gasteiger partial charge in [-0.1, -0.05) is 24.3 Å². The van der Waals surface area contributed by atoms with Crippen LogP contribution in [-0.2, 0) is 9.31 Å². The van der Waals surface area contributed by atoms with Crippen LogP contribution < -0.4 is 5.46 Å². The Hall–Kier alpha value is -1.86. The number of piperidine rings is 1. The van der Waals surface area contributed by atoms with Crippen LogP contribution in [0, 0.1) is 5.92 Å². The largest absolute Gasteiger partial charge is 0.494 e. The van der Waals surface area contributed by atoms with Crippen molar-refractivity contribution in [2.75, 3.05) is 0 Å². The molecule has 166 valence electrons. The Morgan fingerprint density at radius 3 is 2.59 bits per heavy atom. The first-order valence-electron chi connectivity index (χ1n) is 11.9. The molecule has 3 heterocycles. The Bertz CT molecular complexity index is 1190. The van der Waals surface area contributed by atoms with Crippen LogP contribution in [0.4, 0.5) is 0 Å². The van der Waals surface area contributed by atoms with Crippen LogP contribution in [-0.4, -0.2) is 51.2 Å². The minimum Gasteiger partial charge on any atom is -0.437 e. The van der Waals surface area contributed by atoms with E-state index in [1.165, 1.54) is 12.8 Å². The predicted molar refractivity (Wildman–Crippen MR) is 129 cm³/mol. The number of fused-ring (bicyclic) bond motifs is 5. The predicted octanol–water partition coefficient (Wildman–Crippen LogP) is 3.65. The van der Waals surface area contributed by atoms with Crippen molar-refractivity contribution in [1.82, 2.24) is 14.8 Å². The van der Waals surface area contributed by atoms with Crippen molar-refractivity contribution in [2.24, 2.45) is 5.92 Å². The molecule has 1 aromatic heterocycles. The molecule has 3 aromatic rings. The maximum absolute atomic E-state index is 10.4. The average Bonchev–Trinajstić information content (AvgIpc) is 3.48. The highest BCUT2D eigenvalue weighted by atomic mass is 16.7. The summed E-state index contributed by atoms with van der Waals surface area (Å²) in [6, 6.07) is 11.3. The molecule has 0 unspecified atom stereocenters. The van der Waals surface area contributed by atoms with Crippen molar-refractivity contribution >= 4 is 41.4 Å². The lowest BCUT2D eigenvalue weighted by Gasteiger charge is -2.34. The van der Waals surface area contributed by atoms with Gasteiger partial charge in [-0.05, 0) is 76.6 Å². The molecule has 1 aliphatic carbocycles. The van der Waals surface area contributed by atoms with Gasteiger partial charge in [0.05, 0.1) is 28.3 Å². The SMILES string of the molecule is CB(O)N1[C@@H]2CC[C@@H](C2)[C@H]1c1nc2ccc3cc(B4OC(C)(C)C(C)(C)O4)ccc3c2[nH]1. The summed E-state index contributed by atoms with van der Waals surface area (Å²) in [6.07, 6.45) is 3.55. The number of imidazole rings is 1. The van der Waals surface area contributed by atoms with Crippen LogP contribution in [0.1, 0.15) is 58.8 Å². The Balaban J connectivity index is 1.38.